The van der Waals surface area contributed by atoms with Crippen molar-refractivity contribution in [3.05, 3.63) is 98.1 Å². The number of nitrogens with one attached hydrogen (secondary N) is 1. The Morgan fingerprint density at radius 1 is 0.917 bits per heavy atom. The molecule has 3 aromatic carbocycles. The van der Waals surface area contributed by atoms with Crippen LogP contribution in [-0.4, -0.2) is 35.2 Å². The second kappa shape index (κ2) is 9.41. The molecule has 0 bridgehead atoms. The summed E-state index contributed by atoms with van der Waals surface area (Å²) in [5, 5.41) is 13.6. The number of nitro groups is 1. The first-order chi connectivity index (χ1) is 17.1. The zero-order valence-electron chi connectivity index (χ0n) is 19.7. The van der Waals surface area contributed by atoms with Crippen LogP contribution in [0.3, 0.4) is 0 Å². The predicted molar refractivity (Wildman–Crippen MR) is 130 cm³/mol. The summed E-state index contributed by atoms with van der Waals surface area (Å²) in [6.45, 7) is 4.61. The molecule has 3 aromatic rings. The third-order valence-electron chi connectivity index (χ3n) is 5.69. The number of carbonyl (C=O) groups excluding carboxylic acids is 4. The van der Waals surface area contributed by atoms with Gasteiger partial charge >= 0.3 is 5.97 Å². The van der Waals surface area contributed by atoms with Crippen molar-refractivity contribution in [1.82, 2.24) is 0 Å². The molecule has 0 aromatic heterocycles. The minimum Gasteiger partial charge on any atom is -0.452 e. The number of nitrogens with zero attached hydrogens (tertiary/aromatic N) is 2. The molecule has 10 heteroatoms. The molecule has 1 aliphatic heterocycles. The Balaban J connectivity index is 1.47. The molecule has 0 saturated heterocycles. The van der Waals surface area contributed by atoms with Crippen molar-refractivity contribution in [2.75, 3.05) is 16.8 Å². The highest BCUT2D eigenvalue weighted by Gasteiger charge is 2.38. The smallest absolute Gasteiger partial charge is 0.338 e. The zero-order valence-corrected chi connectivity index (χ0v) is 19.7. The lowest BCUT2D eigenvalue weighted by Gasteiger charge is -2.17. The number of rotatable bonds is 6. The average Bonchev–Trinajstić information content (AvgIpc) is 3.09. The number of nitro benzene ring substituents is 1. The van der Waals surface area contributed by atoms with E-state index in [0.29, 0.717) is 11.3 Å². The molecule has 3 amide bonds. The second-order valence-electron chi connectivity index (χ2n) is 8.40. The fourth-order valence-electron chi connectivity index (χ4n) is 3.85. The van der Waals surface area contributed by atoms with Crippen LogP contribution in [0.2, 0.25) is 0 Å². The van der Waals surface area contributed by atoms with E-state index in [-0.39, 0.29) is 28.1 Å². The van der Waals surface area contributed by atoms with Crippen LogP contribution < -0.4 is 10.2 Å². The summed E-state index contributed by atoms with van der Waals surface area (Å²) < 4.78 is 5.02. The minimum absolute atomic E-state index is 0.0215. The summed E-state index contributed by atoms with van der Waals surface area (Å²) in [4.78, 5) is 62.4. The molecule has 0 saturated carbocycles. The summed E-state index contributed by atoms with van der Waals surface area (Å²) in [6.07, 6.45) is 0. The molecule has 36 heavy (non-hydrogen) atoms. The van der Waals surface area contributed by atoms with Gasteiger partial charge < -0.3 is 10.1 Å². The first-order valence-corrected chi connectivity index (χ1v) is 10.9. The molecular weight excluding hydrogens is 466 g/mol. The minimum atomic E-state index is -0.892. The van der Waals surface area contributed by atoms with Crippen molar-refractivity contribution in [3.8, 4) is 0 Å². The first kappa shape index (κ1) is 24.3. The quantitative estimate of drug-likeness (QED) is 0.239. The molecule has 1 aliphatic rings. The lowest BCUT2D eigenvalue weighted by molar-refractivity contribution is -0.384. The number of carbonyl (C=O) groups is 4. The monoisotopic (exact) mass is 487 g/mol. The number of esters is 1. The number of fused-ring (bicyclic) bond motifs is 1. The van der Waals surface area contributed by atoms with Gasteiger partial charge in [0.15, 0.2) is 6.61 Å². The lowest BCUT2D eigenvalue weighted by atomic mass is 10.1. The number of benzene rings is 3. The van der Waals surface area contributed by atoms with Crippen LogP contribution >= 0.6 is 0 Å². The highest BCUT2D eigenvalue weighted by atomic mass is 16.6. The van der Waals surface area contributed by atoms with E-state index in [1.807, 2.05) is 19.1 Å². The van der Waals surface area contributed by atoms with Crippen molar-refractivity contribution >= 4 is 40.8 Å². The van der Waals surface area contributed by atoms with Gasteiger partial charge in [-0.05, 0) is 67.8 Å². The van der Waals surface area contributed by atoms with Crippen LogP contribution in [0, 0.1) is 30.9 Å². The van der Waals surface area contributed by atoms with Gasteiger partial charge in [0.1, 0.15) is 5.69 Å². The topological polar surface area (TPSA) is 136 Å². The standard InChI is InChI=1S/C26H21N3O7/c1-14-4-6-16(3)21(10-14)28-24(31)18-8-7-17(12-19(18)25(28)32)26(33)36-13-23(30)27-20-9-5-15(2)11-22(20)29(34)35/h4-12H,13H2,1-3H3,(H,27,30). The highest BCUT2D eigenvalue weighted by Crippen LogP contribution is 2.32. The Morgan fingerprint density at radius 2 is 1.58 bits per heavy atom. The van der Waals surface area contributed by atoms with Gasteiger partial charge in [-0.1, -0.05) is 18.2 Å². The third-order valence-corrected chi connectivity index (χ3v) is 5.69. The van der Waals surface area contributed by atoms with Crippen molar-refractivity contribution in [1.29, 1.82) is 0 Å². The molecule has 0 atom stereocenters. The number of imide groups is 1. The summed E-state index contributed by atoms with van der Waals surface area (Å²) in [5.41, 5.74) is 2.60. The summed E-state index contributed by atoms with van der Waals surface area (Å²) in [6, 6.07) is 13.7. The first-order valence-electron chi connectivity index (χ1n) is 10.9. The number of hydrogen-bond acceptors (Lipinski definition) is 7. The second-order valence-corrected chi connectivity index (χ2v) is 8.40. The molecule has 1 N–H and O–H groups in total. The molecule has 182 valence electrons. The number of aryl methyl sites for hydroxylation is 3. The number of amides is 3. The lowest BCUT2D eigenvalue weighted by Crippen LogP contribution is -2.30. The van der Waals surface area contributed by atoms with Gasteiger partial charge in [0.25, 0.3) is 23.4 Å². The van der Waals surface area contributed by atoms with Crippen LogP contribution in [0.4, 0.5) is 17.1 Å². The fraction of sp³-hybridized carbons (Fsp3) is 0.154. The van der Waals surface area contributed by atoms with E-state index in [2.05, 4.69) is 5.32 Å². The Kier molecular flexibility index (Phi) is 6.35. The molecule has 0 aliphatic carbocycles. The van der Waals surface area contributed by atoms with Crippen LogP contribution in [0.1, 0.15) is 47.8 Å². The molecule has 10 nitrogen and oxygen atoms in total. The van der Waals surface area contributed by atoms with Crippen molar-refractivity contribution in [2.45, 2.75) is 20.8 Å². The fourth-order valence-corrected chi connectivity index (χ4v) is 3.85. The van der Waals surface area contributed by atoms with Crippen LogP contribution in [-0.2, 0) is 9.53 Å². The van der Waals surface area contributed by atoms with Crippen LogP contribution in [0.5, 0.6) is 0 Å². The van der Waals surface area contributed by atoms with E-state index in [1.165, 1.54) is 30.3 Å². The Labute approximate surface area is 205 Å². The van der Waals surface area contributed by atoms with Gasteiger partial charge in [-0.25, -0.2) is 9.69 Å². The molecule has 1 heterocycles. The maximum Gasteiger partial charge on any atom is 0.338 e. The van der Waals surface area contributed by atoms with Gasteiger partial charge in [-0.15, -0.1) is 0 Å². The number of ether oxygens (including phenoxy) is 1. The number of anilines is 2. The van der Waals surface area contributed by atoms with Crippen molar-refractivity contribution < 1.29 is 28.8 Å². The Bertz CT molecular complexity index is 1460. The highest BCUT2D eigenvalue weighted by molar-refractivity contribution is 6.35. The van der Waals surface area contributed by atoms with Crippen molar-refractivity contribution in [2.24, 2.45) is 0 Å². The van der Waals surface area contributed by atoms with E-state index >= 15 is 0 Å². The normalized spacial score (nSPS) is 12.4. The van der Waals surface area contributed by atoms with Crippen LogP contribution in [0.25, 0.3) is 0 Å². The van der Waals surface area contributed by atoms with Gasteiger partial charge in [0.05, 0.1) is 27.3 Å². The van der Waals surface area contributed by atoms with Gasteiger partial charge in [0.2, 0.25) is 0 Å². The Hall–Kier alpha value is -4.86. The predicted octanol–water partition coefficient (Wildman–Crippen LogP) is 4.12. The number of hydrogen-bond donors (Lipinski definition) is 1. The van der Waals surface area contributed by atoms with Crippen LogP contribution in [0.15, 0.2) is 54.6 Å². The zero-order chi connectivity index (χ0) is 26.1. The van der Waals surface area contributed by atoms with E-state index in [1.54, 1.807) is 26.0 Å². The molecule has 0 spiro atoms. The molecule has 0 radical (unpaired) electrons. The summed E-state index contributed by atoms with van der Waals surface area (Å²) in [7, 11) is 0. The average molecular weight is 487 g/mol. The largest absolute Gasteiger partial charge is 0.452 e. The molecule has 4 rings (SSSR count). The van der Waals surface area contributed by atoms with E-state index in [0.717, 1.165) is 16.0 Å². The van der Waals surface area contributed by atoms with Gasteiger partial charge in [0, 0.05) is 6.07 Å². The maximum absolute atomic E-state index is 13.1. The van der Waals surface area contributed by atoms with Gasteiger partial charge in [-0.3, -0.25) is 24.5 Å². The summed E-state index contributed by atoms with van der Waals surface area (Å²) >= 11 is 0. The molecule has 0 fully saturated rings. The third kappa shape index (κ3) is 4.56. The van der Waals surface area contributed by atoms with E-state index in [4.69, 9.17) is 4.74 Å². The molecular formula is C26H21N3O7. The van der Waals surface area contributed by atoms with E-state index < -0.39 is 35.2 Å². The maximum atomic E-state index is 13.1. The van der Waals surface area contributed by atoms with E-state index in [9.17, 15) is 29.3 Å². The van der Waals surface area contributed by atoms with Crippen molar-refractivity contribution in [3.63, 3.8) is 0 Å². The Morgan fingerprint density at radius 3 is 2.31 bits per heavy atom. The SMILES string of the molecule is Cc1ccc(C)c(N2C(=O)c3ccc(C(=O)OCC(=O)Nc4ccc(C)cc4[N+](=O)[O-])cc3C2=O)c1. The van der Waals surface area contributed by atoms with Gasteiger partial charge in [-0.2, -0.15) is 0 Å². The summed E-state index contributed by atoms with van der Waals surface area (Å²) in [5.74, 6) is -2.73. The molecule has 0 unspecified atom stereocenters.